The molecular weight excluding hydrogens is 311 g/mol. The van der Waals surface area contributed by atoms with Gasteiger partial charge in [0.25, 0.3) is 0 Å². The molecule has 0 heterocycles. The fourth-order valence-electron chi connectivity index (χ4n) is 1.95. The van der Waals surface area contributed by atoms with E-state index in [1.165, 1.54) is 0 Å². The van der Waals surface area contributed by atoms with E-state index in [9.17, 15) is 5.11 Å². The van der Waals surface area contributed by atoms with Gasteiger partial charge in [0.15, 0.2) is 0 Å². The molecule has 0 aliphatic rings. The Morgan fingerprint density at radius 3 is 2.45 bits per heavy atom. The van der Waals surface area contributed by atoms with Crippen molar-refractivity contribution in [3.05, 3.63) is 29.8 Å². The van der Waals surface area contributed by atoms with E-state index in [1.807, 2.05) is 52.0 Å². The second-order valence-corrected chi connectivity index (χ2v) is 6.42. The predicted molar refractivity (Wildman–Crippen MR) is 84.0 cm³/mol. The van der Waals surface area contributed by atoms with Gasteiger partial charge in [-0.1, -0.05) is 0 Å². The molecule has 1 rings (SSSR count). The normalized spacial score (nSPS) is 11.4. The van der Waals surface area contributed by atoms with Crippen molar-refractivity contribution in [1.29, 1.82) is 0 Å². The first-order chi connectivity index (χ1) is 9.40. The van der Waals surface area contributed by atoms with E-state index in [0.717, 1.165) is 16.5 Å². The molecule has 2 radical (unpaired) electrons. The van der Waals surface area contributed by atoms with Gasteiger partial charge in [0.1, 0.15) is 0 Å². The zero-order valence-corrected chi connectivity index (χ0v) is 14.6. The summed E-state index contributed by atoms with van der Waals surface area (Å²) in [5.41, 5.74) is -0.0922. The third kappa shape index (κ3) is 4.58. The third-order valence-electron chi connectivity index (χ3n) is 3.36. The number of aliphatic hydroxyl groups is 1. The molecule has 20 heavy (non-hydrogen) atoms. The van der Waals surface area contributed by atoms with Crippen molar-refractivity contribution in [2.45, 2.75) is 38.5 Å². The molecule has 3 heteroatoms. The number of rotatable bonds is 5. The van der Waals surface area contributed by atoms with Gasteiger partial charge >= 0.3 is 131 Å². The summed E-state index contributed by atoms with van der Waals surface area (Å²) in [6.45, 7) is 8.65. The summed E-state index contributed by atoms with van der Waals surface area (Å²) in [6.07, 6.45) is 0. The summed E-state index contributed by atoms with van der Waals surface area (Å²) in [4.78, 5) is 0. The van der Waals surface area contributed by atoms with Gasteiger partial charge in [-0.3, -0.25) is 0 Å². The van der Waals surface area contributed by atoms with Crippen LogP contribution in [-0.4, -0.2) is 34.2 Å². The first-order valence-corrected chi connectivity index (χ1v) is 8.32. The molecule has 0 aliphatic carbocycles. The Labute approximate surface area is 131 Å². The molecule has 0 bridgehead atoms. The summed E-state index contributed by atoms with van der Waals surface area (Å²) < 4.78 is 5.58. The van der Waals surface area contributed by atoms with Crippen LogP contribution in [0.5, 0.6) is 5.75 Å². The molecule has 0 aliphatic heterocycles. The van der Waals surface area contributed by atoms with Gasteiger partial charge in [0.2, 0.25) is 0 Å². The van der Waals surface area contributed by atoms with Crippen LogP contribution in [0.2, 0.25) is 5.21 Å². The maximum atomic E-state index is 10.6. The van der Waals surface area contributed by atoms with Crippen LogP contribution in [0, 0.1) is 23.7 Å². The van der Waals surface area contributed by atoms with Gasteiger partial charge in [-0.2, -0.15) is 0 Å². The molecule has 0 saturated heterocycles. The average Bonchev–Trinajstić information content (AvgIpc) is 2.42. The van der Waals surface area contributed by atoms with Gasteiger partial charge in [0.05, 0.1) is 0 Å². The molecule has 0 aromatic heterocycles. The Hall–Kier alpha value is -0.902. The van der Waals surface area contributed by atoms with Crippen LogP contribution in [-0.2, 0) is 0 Å². The van der Waals surface area contributed by atoms with E-state index in [0.29, 0.717) is 6.61 Å². The number of ether oxygens (including phenoxy) is 1. The van der Waals surface area contributed by atoms with Crippen molar-refractivity contribution in [1.82, 2.24) is 0 Å². The summed E-state index contributed by atoms with van der Waals surface area (Å²) in [5, 5.41) is 11.6. The summed E-state index contributed by atoms with van der Waals surface area (Å²) in [6, 6.07) is 7.69. The summed E-state index contributed by atoms with van der Waals surface area (Å²) >= 11 is 2.49. The number of benzene rings is 1. The first kappa shape index (κ1) is 17.2. The average molecular weight is 334 g/mol. The van der Waals surface area contributed by atoms with Gasteiger partial charge in [-0.25, -0.2) is 0 Å². The van der Waals surface area contributed by atoms with Crippen LogP contribution >= 0.6 is 0 Å². The molecule has 1 aromatic rings. The molecule has 0 atom stereocenters. The van der Waals surface area contributed by atoms with Gasteiger partial charge < -0.3 is 0 Å². The van der Waals surface area contributed by atoms with Crippen molar-refractivity contribution in [3.63, 3.8) is 0 Å². The summed E-state index contributed by atoms with van der Waals surface area (Å²) in [7, 11) is 0. The van der Waals surface area contributed by atoms with Gasteiger partial charge in [-0.15, -0.1) is 0 Å². The fourth-order valence-corrected chi connectivity index (χ4v) is 2.15. The number of hydrogen-bond donors (Lipinski definition) is 1. The summed E-state index contributed by atoms with van der Waals surface area (Å²) in [5.74, 6) is 7.12. The second kappa shape index (κ2) is 7.77. The zero-order valence-electron chi connectivity index (χ0n) is 12.7. The molecule has 0 unspecified atom stereocenters. The first-order valence-electron chi connectivity index (χ1n) is 6.99. The minimum absolute atomic E-state index is 0.0901. The van der Waals surface area contributed by atoms with Crippen molar-refractivity contribution in [2.24, 2.45) is 11.8 Å². The van der Waals surface area contributed by atoms with Crippen LogP contribution in [0.15, 0.2) is 24.3 Å². The second-order valence-electron chi connectivity index (χ2n) is 5.48. The van der Waals surface area contributed by atoms with E-state index >= 15 is 0 Å². The Kier molecular flexibility index (Phi) is 6.66. The Balaban J connectivity index is 2.95. The van der Waals surface area contributed by atoms with E-state index in [-0.39, 0.29) is 11.8 Å². The Morgan fingerprint density at radius 2 is 1.90 bits per heavy atom. The van der Waals surface area contributed by atoms with Crippen molar-refractivity contribution in [2.75, 3.05) is 6.61 Å². The van der Waals surface area contributed by atoms with Crippen LogP contribution in [0.4, 0.5) is 0 Å². The van der Waals surface area contributed by atoms with E-state index < -0.39 is 5.60 Å². The van der Waals surface area contributed by atoms with Crippen LogP contribution in [0.3, 0.4) is 0 Å². The Morgan fingerprint density at radius 1 is 1.25 bits per heavy atom. The predicted octanol–water partition coefficient (Wildman–Crippen LogP) is 3.05. The topological polar surface area (TPSA) is 29.5 Å². The molecule has 108 valence electrons. The fraction of sp³-hybridized carbons (Fsp3) is 0.529. The van der Waals surface area contributed by atoms with Crippen LogP contribution in [0.1, 0.15) is 33.3 Å². The number of hydrogen-bond acceptors (Lipinski definition) is 2. The van der Waals surface area contributed by atoms with Crippen molar-refractivity contribution in [3.8, 4) is 17.6 Å². The molecular formula is C17H23AsO2. The third-order valence-corrected chi connectivity index (χ3v) is 3.74. The quantitative estimate of drug-likeness (QED) is 0.662. The molecule has 0 amide bonds. The zero-order chi connectivity index (χ0) is 15.2. The van der Waals surface area contributed by atoms with E-state index in [4.69, 9.17) is 4.74 Å². The van der Waals surface area contributed by atoms with Crippen molar-refractivity contribution < 1.29 is 9.84 Å². The molecule has 0 fully saturated rings. The Bertz CT molecular complexity index is 475. The van der Waals surface area contributed by atoms with Crippen molar-refractivity contribution >= 4 is 16.9 Å². The van der Waals surface area contributed by atoms with Gasteiger partial charge in [0, 0.05) is 0 Å². The van der Waals surface area contributed by atoms with Crippen LogP contribution < -0.4 is 4.74 Å². The SMILES string of the molecule is CC(C)C(O)(C#Cc1cccc(OCC[As])c1)C(C)C. The monoisotopic (exact) mass is 334 g/mol. The van der Waals surface area contributed by atoms with E-state index in [2.05, 4.69) is 28.7 Å². The maximum absolute atomic E-state index is 10.6. The standard InChI is InChI=1S/C17H23AsO2/c1-13(2)17(19,14(3)4)9-8-15-6-5-7-16(12-15)20-11-10-18/h5-7,12-14,19H,10-11H2,1-4H3. The minimum atomic E-state index is -0.961. The molecule has 1 aromatic carbocycles. The molecule has 2 nitrogen and oxygen atoms in total. The van der Waals surface area contributed by atoms with Crippen LogP contribution in [0.25, 0.3) is 0 Å². The molecule has 1 N–H and O–H groups in total. The van der Waals surface area contributed by atoms with Gasteiger partial charge in [-0.05, 0) is 0 Å². The molecule has 0 spiro atoms. The molecule has 0 saturated carbocycles. The van der Waals surface area contributed by atoms with E-state index in [1.54, 1.807) is 0 Å².